The Balaban J connectivity index is 1.66. The fourth-order valence-corrected chi connectivity index (χ4v) is 2.79. The molecular weight excluding hydrogens is 336 g/mol. The van der Waals surface area contributed by atoms with Crippen molar-refractivity contribution in [3.63, 3.8) is 0 Å². The number of carbonyl (C=O) groups excluding carboxylic acids is 2. The van der Waals surface area contributed by atoms with Gasteiger partial charge < -0.3 is 25.4 Å². The van der Waals surface area contributed by atoms with E-state index in [4.69, 9.17) is 15.2 Å². The van der Waals surface area contributed by atoms with Gasteiger partial charge in [0.1, 0.15) is 19.1 Å². The Kier molecular flexibility index (Phi) is 4.76. The highest BCUT2D eigenvalue weighted by atomic mass is 19.3. The molecule has 3 rings (SSSR count). The fraction of sp³-hybridized carbons (Fsp3) is 0.500. The molecule has 1 saturated heterocycles. The van der Waals surface area contributed by atoms with Gasteiger partial charge in [0.15, 0.2) is 11.5 Å². The molecule has 1 fully saturated rings. The molecular formula is C16H19F2N3O4. The van der Waals surface area contributed by atoms with Crippen LogP contribution < -0.4 is 25.4 Å². The molecule has 9 heteroatoms. The van der Waals surface area contributed by atoms with Crippen LogP contribution >= 0.6 is 0 Å². The smallest absolute Gasteiger partial charge is 0.277 e. The van der Waals surface area contributed by atoms with Gasteiger partial charge in [-0.3, -0.25) is 9.59 Å². The van der Waals surface area contributed by atoms with Crippen LogP contribution in [0.15, 0.2) is 18.2 Å². The highest BCUT2D eigenvalue weighted by Crippen LogP contribution is 2.36. The predicted molar refractivity (Wildman–Crippen MR) is 84.9 cm³/mol. The number of rotatable bonds is 5. The SMILES string of the molecule is NCC(F)(F)CNC(=O)C1CCN(c2ccc3c(c2)OCCO3)C1=O. The molecule has 1 atom stereocenters. The van der Waals surface area contributed by atoms with Crippen LogP contribution in [0.3, 0.4) is 0 Å². The fourth-order valence-electron chi connectivity index (χ4n) is 2.79. The average molecular weight is 355 g/mol. The van der Waals surface area contributed by atoms with Crippen LogP contribution in [0.1, 0.15) is 6.42 Å². The zero-order valence-electron chi connectivity index (χ0n) is 13.5. The lowest BCUT2D eigenvalue weighted by Crippen LogP contribution is -2.45. The average Bonchev–Trinajstić information content (AvgIpc) is 3.01. The van der Waals surface area contributed by atoms with E-state index >= 15 is 0 Å². The number of halogens is 2. The molecule has 1 aromatic carbocycles. The van der Waals surface area contributed by atoms with E-state index < -0.39 is 36.7 Å². The maximum Gasteiger partial charge on any atom is 0.277 e. The summed E-state index contributed by atoms with van der Waals surface area (Å²) in [5.41, 5.74) is 5.51. The summed E-state index contributed by atoms with van der Waals surface area (Å²) >= 11 is 0. The summed E-state index contributed by atoms with van der Waals surface area (Å²) in [6.07, 6.45) is 0.257. The minimum absolute atomic E-state index is 0.257. The molecule has 3 N–H and O–H groups in total. The van der Waals surface area contributed by atoms with Crippen molar-refractivity contribution >= 4 is 17.5 Å². The van der Waals surface area contributed by atoms with Crippen LogP contribution in [0, 0.1) is 5.92 Å². The Bertz CT molecular complexity index is 683. The molecule has 1 aromatic rings. The van der Waals surface area contributed by atoms with Gasteiger partial charge in [-0.1, -0.05) is 0 Å². The normalized spacial score (nSPS) is 19.9. The predicted octanol–water partition coefficient (Wildman–Crippen LogP) is 0.521. The minimum Gasteiger partial charge on any atom is -0.486 e. The second-order valence-corrected chi connectivity index (χ2v) is 5.94. The third kappa shape index (κ3) is 3.65. The van der Waals surface area contributed by atoms with Gasteiger partial charge in [0.2, 0.25) is 11.8 Å². The Morgan fingerprint density at radius 3 is 2.76 bits per heavy atom. The molecule has 2 amide bonds. The highest BCUT2D eigenvalue weighted by Gasteiger charge is 2.39. The maximum atomic E-state index is 13.1. The summed E-state index contributed by atoms with van der Waals surface area (Å²) < 4.78 is 37.2. The first-order chi connectivity index (χ1) is 11.9. The number of nitrogens with zero attached hydrogens (tertiary/aromatic N) is 1. The van der Waals surface area contributed by atoms with Crippen molar-refractivity contribution in [3.05, 3.63) is 18.2 Å². The molecule has 0 bridgehead atoms. The van der Waals surface area contributed by atoms with Gasteiger partial charge in [-0.25, -0.2) is 8.78 Å². The Morgan fingerprint density at radius 2 is 2.04 bits per heavy atom. The molecule has 0 spiro atoms. The van der Waals surface area contributed by atoms with Crippen LogP contribution in [0.25, 0.3) is 0 Å². The molecule has 0 aliphatic carbocycles. The van der Waals surface area contributed by atoms with E-state index in [-0.39, 0.29) is 6.42 Å². The van der Waals surface area contributed by atoms with Crippen molar-refractivity contribution in [2.75, 3.05) is 37.7 Å². The number of ether oxygens (including phenoxy) is 2. The molecule has 2 aliphatic heterocycles. The number of anilines is 1. The lowest BCUT2D eigenvalue weighted by Gasteiger charge is -2.22. The molecule has 0 aromatic heterocycles. The Labute approximate surface area is 143 Å². The molecule has 25 heavy (non-hydrogen) atoms. The summed E-state index contributed by atoms with van der Waals surface area (Å²) in [6, 6.07) is 5.08. The van der Waals surface area contributed by atoms with E-state index in [1.165, 1.54) is 4.90 Å². The monoisotopic (exact) mass is 355 g/mol. The standard InChI is InChI=1S/C16H19F2N3O4/c17-16(18,8-19)9-20-14(22)11-3-4-21(15(11)23)10-1-2-12-13(7-10)25-6-5-24-12/h1-2,7,11H,3-6,8-9,19H2,(H,20,22). The second kappa shape index (κ2) is 6.83. The number of nitrogens with one attached hydrogen (secondary N) is 1. The van der Waals surface area contributed by atoms with Crippen molar-refractivity contribution < 1.29 is 27.8 Å². The van der Waals surface area contributed by atoms with Crippen LogP contribution in [0.5, 0.6) is 11.5 Å². The van der Waals surface area contributed by atoms with Crippen LogP contribution in [0.2, 0.25) is 0 Å². The summed E-state index contributed by atoms with van der Waals surface area (Å²) in [5.74, 6) is -4.18. The van der Waals surface area contributed by atoms with Crippen LogP contribution in [0.4, 0.5) is 14.5 Å². The van der Waals surface area contributed by atoms with Gasteiger partial charge in [-0.15, -0.1) is 0 Å². The highest BCUT2D eigenvalue weighted by molar-refractivity contribution is 6.09. The first kappa shape index (κ1) is 17.4. The van der Waals surface area contributed by atoms with E-state index in [1.807, 2.05) is 0 Å². The van der Waals surface area contributed by atoms with E-state index in [1.54, 1.807) is 18.2 Å². The molecule has 0 saturated carbocycles. The van der Waals surface area contributed by atoms with E-state index in [0.29, 0.717) is 36.9 Å². The Morgan fingerprint density at radius 1 is 1.32 bits per heavy atom. The third-order valence-electron chi connectivity index (χ3n) is 4.18. The summed E-state index contributed by atoms with van der Waals surface area (Å²) in [6.45, 7) is -0.537. The first-order valence-corrected chi connectivity index (χ1v) is 7.98. The van der Waals surface area contributed by atoms with Gasteiger partial charge >= 0.3 is 0 Å². The van der Waals surface area contributed by atoms with Crippen LogP contribution in [-0.2, 0) is 9.59 Å². The quantitative estimate of drug-likeness (QED) is 0.751. The van der Waals surface area contributed by atoms with Gasteiger partial charge in [-0.05, 0) is 18.6 Å². The van der Waals surface area contributed by atoms with Crippen molar-refractivity contribution in [1.29, 1.82) is 0 Å². The number of nitrogens with two attached hydrogens (primary N) is 1. The number of carbonyl (C=O) groups is 2. The molecule has 136 valence electrons. The number of hydrogen-bond acceptors (Lipinski definition) is 5. The minimum atomic E-state index is -3.19. The number of fused-ring (bicyclic) bond motifs is 1. The number of alkyl halides is 2. The summed E-state index contributed by atoms with van der Waals surface area (Å²) in [7, 11) is 0. The molecule has 1 unspecified atom stereocenters. The molecule has 0 radical (unpaired) electrons. The molecule has 7 nitrogen and oxygen atoms in total. The van der Waals surface area contributed by atoms with Crippen molar-refractivity contribution in [1.82, 2.24) is 5.32 Å². The van der Waals surface area contributed by atoms with Crippen molar-refractivity contribution in [2.45, 2.75) is 12.3 Å². The van der Waals surface area contributed by atoms with Gasteiger partial charge in [0, 0.05) is 18.3 Å². The number of hydrogen-bond donors (Lipinski definition) is 2. The third-order valence-corrected chi connectivity index (χ3v) is 4.18. The van der Waals surface area contributed by atoms with Crippen molar-refractivity contribution in [2.24, 2.45) is 11.7 Å². The molecule has 2 aliphatic rings. The second-order valence-electron chi connectivity index (χ2n) is 5.94. The van der Waals surface area contributed by atoms with Crippen LogP contribution in [-0.4, -0.2) is 50.6 Å². The van der Waals surface area contributed by atoms with E-state index in [0.717, 1.165) is 0 Å². The summed E-state index contributed by atoms with van der Waals surface area (Å²) in [5, 5.41) is 2.11. The largest absolute Gasteiger partial charge is 0.486 e. The molecule has 2 heterocycles. The lowest BCUT2D eigenvalue weighted by atomic mass is 10.1. The summed E-state index contributed by atoms with van der Waals surface area (Å²) in [4.78, 5) is 26.0. The number of benzene rings is 1. The lowest BCUT2D eigenvalue weighted by molar-refractivity contribution is -0.133. The van der Waals surface area contributed by atoms with Gasteiger partial charge in [-0.2, -0.15) is 0 Å². The van der Waals surface area contributed by atoms with Gasteiger partial charge in [0.25, 0.3) is 5.92 Å². The number of amides is 2. The zero-order chi connectivity index (χ0) is 18.0. The van der Waals surface area contributed by atoms with Gasteiger partial charge in [0.05, 0.1) is 13.1 Å². The van der Waals surface area contributed by atoms with Crippen molar-refractivity contribution in [3.8, 4) is 11.5 Å². The maximum absolute atomic E-state index is 13.1. The van der Waals surface area contributed by atoms with E-state index in [2.05, 4.69) is 5.32 Å². The van der Waals surface area contributed by atoms with E-state index in [9.17, 15) is 18.4 Å². The zero-order valence-corrected chi connectivity index (χ0v) is 13.5. The Hall–Kier alpha value is -2.42. The first-order valence-electron chi connectivity index (χ1n) is 7.98. The topological polar surface area (TPSA) is 93.9 Å².